The first-order valence-electron chi connectivity index (χ1n) is 13.9. The summed E-state index contributed by atoms with van der Waals surface area (Å²) in [5.41, 5.74) is 2.51. The zero-order valence-electron chi connectivity index (χ0n) is 24.1. The molecule has 5 aromatic rings. The molecule has 0 aliphatic heterocycles. The van der Waals surface area contributed by atoms with E-state index in [-0.39, 0.29) is 16.9 Å². The highest BCUT2D eigenvalue weighted by molar-refractivity contribution is 8.00. The lowest BCUT2D eigenvalue weighted by Crippen LogP contribution is -2.30. The highest BCUT2D eigenvalue weighted by atomic mass is 32.2. The van der Waals surface area contributed by atoms with Crippen molar-refractivity contribution in [3.8, 4) is 5.75 Å². The minimum Gasteiger partial charge on any atom is -0.493 e. The number of para-hydroxylation sites is 2. The molecule has 1 aromatic heterocycles. The highest BCUT2D eigenvalue weighted by Gasteiger charge is 2.18. The lowest BCUT2D eigenvalue weighted by molar-refractivity contribution is -0.115. The van der Waals surface area contributed by atoms with Crippen LogP contribution in [-0.2, 0) is 9.59 Å². The third-order valence-electron chi connectivity index (χ3n) is 6.37. The van der Waals surface area contributed by atoms with E-state index in [1.54, 1.807) is 48.5 Å². The summed E-state index contributed by atoms with van der Waals surface area (Å²) in [6.45, 7) is 4.16. The number of fused-ring (bicyclic) bond motifs is 1. The molecule has 0 fully saturated rings. The van der Waals surface area contributed by atoms with Gasteiger partial charge in [0.25, 0.3) is 11.8 Å². The molecule has 44 heavy (non-hydrogen) atoms. The Morgan fingerprint density at radius 3 is 2.34 bits per heavy atom. The number of rotatable bonds is 11. The van der Waals surface area contributed by atoms with Crippen LogP contribution < -0.4 is 20.7 Å². The summed E-state index contributed by atoms with van der Waals surface area (Å²) >= 11 is 2.83. The summed E-state index contributed by atoms with van der Waals surface area (Å²) in [6.07, 6.45) is 1.59. The molecule has 222 valence electrons. The molecule has 1 atom stereocenters. The fraction of sp³-hybridized carbons (Fsp3) is 0.118. The van der Waals surface area contributed by atoms with Crippen LogP contribution in [0.25, 0.3) is 16.3 Å². The van der Waals surface area contributed by atoms with Gasteiger partial charge in [0.1, 0.15) is 11.4 Å². The highest BCUT2D eigenvalue weighted by Crippen LogP contribution is 2.29. The lowest BCUT2D eigenvalue weighted by Gasteiger charge is -2.14. The topological polar surface area (TPSA) is 109 Å². The van der Waals surface area contributed by atoms with Gasteiger partial charge < -0.3 is 20.7 Å². The van der Waals surface area contributed by atoms with Crippen LogP contribution in [-0.4, -0.2) is 34.6 Å². The quantitative estimate of drug-likeness (QED) is 0.106. The van der Waals surface area contributed by atoms with Gasteiger partial charge in [-0.15, -0.1) is 11.8 Å². The van der Waals surface area contributed by atoms with E-state index in [2.05, 4.69) is 20.9 Å². The summed E-state index contributed by atoms with van der Waals surface area (Å²) in [5.74, 6) is -0.463. The number of carbonyl (C=O) groups excluding carboxylic acids is 3. The van der Waals surface area contributed by atoms with Gasteiger partial charge in [-0.25, -0.2) is 4.98 Å². The van der Waals surface area contributed by atoms with Crippen LogP contribution in [0.4, 0.5) is 10.8 Å². The second-order valence-electron chi connectivity index (χ2n) is 9.56. The smallest absolute Gasteiger partial charge is 0.272 e. The Kier molecular flexibility index (Phi) is 10.1. The molecule has 0 saturated heterocycles. The molecule has 0 saturated carbocycles. The first kappa shape index (κ1) is 30.5. The SMILES string of the molecule is CCOc1ccccc1/C=C(\NC(=O)c1ccccc1)C(=O)Nc1ccc(SC(C)C(=O)Nc2nc3ccccc3s2)cc1. The Morgan fingerprint density at radius 1 is 0.886 bits per heavy atom. The van der Waals surface area contributed by atoms with Crippen molar-refractivity contribution in [2.24, 2.45) is 0 Å². The van der Waals surface area contributed by atoms with E-state index in [9.17, 15) is 14.4 Å². The van der Waals surface area contributed by atoms with Crippen LogP contribution in [0.1, 0.15) is 29.8 Å². The van der Waals surface area contributed by atoms with E-state index < -0.39 is 11.8 Å². The van der Waals surface area contributed by atoms with E-state index in [1.165, 1.54) is 23.1 Å². The van der Waals surface area contributed by atoms with E-state index in [0.29, 0.717) is 34.3 Å². The maximum atomic E-state index is 13.4. The second-order valence-corrected chi connectivity index (χ2v) is 12.0. The fourth-order valence-corrected chi connectivity index (χ4v) is 5.93. The number of thiazole rings is 1. The van der Waals surface area contributed by atoms with Crippen molar-refractivity contribution in [3.63, 3.8) is 0 Å². The summed E-state index contributed by atoms with van der Waals surface area (Å²) in [6, 6.07) is 30.9. The molecule has 0 spiro atoms. The molecule has 3 amide bonds. The predicted molar refractivity (Wildman–Crippen MR) is 178 cm³/mol. The van der Waals surface area contributed by atoms with Crippen LogP contribution >= 0.6 is 23.1 Å². The molecule has 0 bridgehead atoms. The maximum absolute atomic E-state index is 13.4. The molecular weight excluding hydrogens is 593 g/mol. The van der Waals surface area contributed by atoms with Crippen molar-refractivity contribution in [1.29, 1.82) is 0 Å². The van der Waals surface area contributed by atoms with Crippen LogP contribution in [0.3, 0.4) is 0 Å². The normalized spacial score (nSPS) is 11.9. The van der Waals surface area contributed by atoms with Crippen molar-refractivity contribution in [1.82, 2.24) is 10.3 Å². The Bertz CT molecular complexity index is 1770. The molecular formula is C34H30N4O4S2. The number of thioether (sulfide) groups is 1. The molecule has 5 rings (SSSR count). The Balaban J connectivity index is 1.26. The minimum atomic E-state index is -0.496. The van der Waals surface area contributed by atoms with E-state index >= 15 is 0 Å². The minimum absolute atomic E-state index is 0.0598. The van der Waals surface area contributed by atoms with E-state index in [0.717, 1.165) is 15.1 Å². The number of carbonyl (C=O) groups is 3. The van der Waals surface area contributed by atoms with E-state index in [4.69, 9.17) is 4.74 Å². The van der Waals surface area contributed by atoms with Crippen molar-refractivity contribution >= 4 is 67.9 Å². The van der Waals surface area contributed by atoms with Gasteiger partial charge in [-0.05, 0) is 74.5 Å². The van der Waals surface area contributed by atoms with E-state index in [1.807, 2.05) is 74.5 Å². The van der Waals surface area contributed by atoms with Gasteiger partial charge >= 0.3 is 0 Å². The largest absolute Gasteiger partial charge is 0.493 e. The van der Waals surface area contributed by atoms with Crippen molar-refractivity contribution in [2.45, 2.75) is 24.0 Å². The molecule has 1 unspecified atom stereocenters. The summed E-state index contributed by atoms with van der Waals surface area (Å²) in [7, 11) is 0. The van der Waals surface area contributed by atoms with Crippen LogP contribution in [0.5, 0.6) is 5.75 Å². The van der Waals surface area contributed by atoms with Crippen molar-refractivity contribution < 1.29 is 19.1 Å². The maximum Gasteiger partial charge on any atom is 0.272 e. The standard InChI is InChI=1S/C34H30N4O4S2/c1-3-42-29-15-9-7-13-24(29)21-28(36-32(40)23-11-5-4-6-12-23)33(41)35-25-17-19-26(20-18-25)43-22(2)31(39)38-34-37-27-14-8-10-16-30(27)44-34/h4-22H,3H2,1-2H3,(H,35,41)(H,36,40)(H,37,38,39)/b28-21-. The summed E-state index contributed by atoms with van der Waals surface area (Å²) in [4.78, 5) is 44.6. The number of anilines is 2. The number of ether oxygens (including phenoxy) is 1. The molecule has 0 aliphatic carbocycles. The first-order chi connectivity index (χ1) is 21.4. The van der Waals surface area contributed by atoms with Crippen LogP contribution in [0.2, 0.25) is 0 Å². The average Bonchev–Trinajstić information content (AvgIpc) is 3.45. The first-order valence-corrected chi connectivity index (χ1v) is 15.6. The Labute approximate surface area is 263 Å². The number of hydrogen-bond donors (Lipinski definition) is 3. The zero-order valence-corrected chi connectivity index (χ0v) is 25.7. The molecule has 0 aliphatic rings. The number of nitrogens with one attached hydrogen (secondary N) is 3. The number of hydrogen-bond acceptors (Lipinski definition) is 7. The third-order valence-corrected chi connectivity index (χ3v) is 8.43. The van der Waals surface area contributed by atoms with Gasteiger partial charge in [0.05, 0.1) is 22.1 Å². The average molecular weight is 623 g/mol. The van der Waals surface area contributed by atoms with Gasteiger partial charge in [-0.2, -0.15) is 0 Å². The van der Waals surface area contributed by atoms with Crippen molar-refractivity contribution in [3.05, 3.63) is 120 Å². The summed E-state index contributed by atoms with van der Waals surface area (Å²) < 4.78 is 6.72. The number of amides is 3. The molecule has 8 nitrogen and oxygen atoms in total. The van der Waals surface area contributed by atoms with Gasteiger partial charge in [0, 0.05) is 21.7 Å². The Hall–Kier alpha value is -4.93. The lowest BCUT2D eigenvalue weighted by atomic mass is 10.1. The van der Waals surface area contributed by atoms with Gasteiger partial charge in [0.2, 0.25) is 5.91 Å². The second kappa shape index (κ2) is 14.5. The molecule has 3 N–H and O–H groups in total. The Morgan fingerprint density at radius 2 is 1.59 bits per heavy atom. The zero-order chi connectivity index (χ0) is 30.9. The van der Waals surface area contributed by atoms with Crippen molar-refractivity contribution in [2.75, 3.05) is 17.2 Å². The van der Waals surface area contributed by atoms with Crippen LogP contribution in [0.15, 0.2) is 114 Å². The number of nitrogens with zero attached hydrogens (tertiary/aromatic N) is 1. The summed E-state index contributed by atoms with van der Waals surface area (Å²) in [5, 5.41) is 8.70. The number of aromatic nitrogens is 1. The fourth-order valence-electron chi connectivity index (χ4n) is 4.19. The van der Waals surface area contributed by atoms with Crippen LogP contribution in [0, 0.1) is 0 Å². The molecule has 0 radical (unpaired) electrons. The van der Waals surface area contributed by atoms with Gasteiger partial charge in [-0.3, -0.25) is 14.4 Å². The molecule has 4 aromatic carbocycles. The predicted octanol–water partition coefficient (Wildman–Crippen LogP) is 7.22. The molecule has 10 heteroatoms. The van der Waals surface area contributed by atoms with Gasteiger partial charge in [-0.1, -0.05) is 59.9 Å². The molecule has 1 heterocycles. The number of benzene rings is 4. The van der Waals surface area contributed by atoms with Gasteiger partial charge in [0.15, 0.2) is 5.13 Å². The third kappa shape index (κ3) is 7.91. The monoisotopic (exact) mass is 622 g/mol.